The predicted octanol–water partition coefficient (Wildman–Crippen LogP) is 1.10. The maximum Gasteiger partial charge on any atom is 0.494 e. The van der Waals surface area contributed by atoms with Crippen LogP contribution in [0.3, 0.4) is 0 Å². The molecule has 0 atom stereocenters. The van der Waals surface area contributed by atoms with Gasteiger partial charge in [0.25, 0.3) is 0 Å². The van der Waals surface area contributed by atoms with Crippen LogP contribution in [0.2, 0.25) is 0 Å². The van der Waals surface area contributed by atoms with Crippen LogP contribution in [-0.2, 0) is 20.7 Å². The Morgan fingerprint density at radius 3 is 3.12 bits per heavy atom. The van der Waals surface area contributed by atoms with Crippen LogP contribution >= 0.6 is 0 Å². The summed E-state index contributed by atoms with van der Waals surface area (Å²) in [5.41, 5.74) is 1.80. The van der Waals surface area contributed by atoms with Gasteiger partial charge in [-0.2, -0.15) is 0 Å². The zero-order valence-electron chi connectivity index (χ0n) is 9.24. The van der Waals surface area contributed by atoms with Crippen LogP contribution in [0.15, 0.2) is 18.2 Å². The van der Waals surface area contributed by atoms with E-state index in [0.29, 0.717) is 19.8 Å². The summed E-state index contributed by atoms with van der Waals surface area (Å²) in [4.78, 5) is 0. The first-order valence-electron chi connectivity index (χ1n) is 5.31. The van der Waals surface area contributed by atoms with Crippen molar-refractivity contribution in [1.29, 1.82) is 0 Å². The van der Waals surface area contributed by atoms with Gasteiger partial charge in [0.1, 0.15) is 5.82 Å². The van der Waals surface area contributed by atoms with Gasteiger partial charge in [0, 0.05) is 20.3 Å². The number of methoxy groups -OCH3 is 1. The van der Waals surface area contributed by atoms with Crippen molar-refractivity contribution >= 4 is 12.6 Å². The van der Waals surface area contributed by atoms with E-state index in [4.69, 9.17) is 14.0 Å². The second-order valence-corrected chi connectivity index (χ2v) is 3.70. The van der Waals surface area contributed by atoms with Gasteiger partial charge in [-0.3, -0.25) is 0 Å². The fourth-order valence-corrected chi connectivity index (χ4v) is 1.72. The summed E-state index contributed by atoms with van der Waals surface area (Å²) < 4.78 is 28.8. The van der Waals surface area contributed by atoms with Crippen LogP contribution in [0.1, 0.15) is 12.0 Å². The molecule has 5 heteroatoms. The average Bonchev–Trinajstić information content (AvgIpc) is 2.67. The van der Waals surface area contributed by atoms with Crippen LogP contribution < -0.4 is 5.46 Å². The average molecular weight is 224 g/mol. The third-order valence-corrected chi connectivity index (χ3v) is 2.51. The zero-order chi connectivity index (χ0) is 11.4. The molecule has 1 heterocycles. The lowest BCUT2D eigenvalue weighted by Crippen LogP contribution is -2.32. The summed E-state index contributed by atoms with van der Waals surface area (Å²) in [6, 6.07) is 4.64. The van der Waals surface area contributed by atoms with Gasteiger partial charge in [-0.15, -0.1) is 0 Å². The Kier molecular flexibility index (Phi) is 3.93. The van der Waals surface area contributed by atoms with E-state index < -0.39 is 0 Å². The van der Waals surface area contributed by atoms with Gasteiger partial charge in [-0.1, -0.05) is 6.07 Å². The number of hydrogen-bond donors (Lipinski definition) is 0. The first-order valence-corrected chi connectivity index (χ1v) is 5.31. The van der Waals surface area contributed by atoms with Gasteiger partial charge in [0.05, 0.1) is 6.61 Å². The van der Waals surface area contributed by atoms with Gasteiger partial charge < -0.3 is 14.0 Å². The smallest absolute Gasteiger partial charge is 0.407 e. The first-order chi connectivity index (χ1) is 7.81. The van der Waals surface area contributed by atoms with Crippen LogP contribution in [0, 0.1) is 5.82 Å². The Morgan fingerprint density at radius 1 is 1.44 bits per heavy atom. The lowest BCUT2D eigenvalue weighted by Gasteiger charge is -2.07. The number of ether oxygens (including phenoxy) is 1. The fraction of sp³-hybridized carbons (Fsp3) is 0.455. The number of rotatable bonds is 5. The monoisotopic (exact) mass is 224 g/mol. The van der Waals surface area contributed by atoms with E-state index in [9.17, 15) is 4.39 Å². The minimum absolute atomic E-state index is 0.234. The highest BCUT2D eigenvalue weighted by atomic mass is 19.1. The molecule has 3 nitrogen and oxygen atoms in total. The van der Waals surface area contributed by atoms with Crippen LogP contribution in [0.5, 0.6) is 0 Å². The normalized spacial score (nSPS) is 14.2. The maximum absolute atomic E-state index is 12.9. The van der Waals surface area contributed by atoms with E-state index in [1.165, 1.54) is 12.1 Å². The number of fused-ring (bicyclic) bond motifs is 1. The molecule has 0 radical (unpaired) electrons. The Morgan fingerprint density at radius 2 is 2.31 bits per heavy atom. The van der Waals surface area contributed by atoms with E-state index in [1.807, 2.05) is 0 Å². The highest BCUT2D eigenvalue weighted by Gasteiger charge is 2.30. The van der Waals surface area contributed by atoms with E-state index in [-0.39, 0.29) is 12.9 Å². The first kappa shape index (κ1) is 11.6. The maximum atomic E-state index is 12.9. The Hall–Kier alpha value is -0.905. The molecule has 0 bridgehead atoms. The van der Waals surface area contributed by atoms with Crippen LogP contribution in [0.25, 0.3) is 0 Å². The second kappa shape index (κ2) is 5.43. The van der Waals surface area contributed by atoms with Gasteiger partial charge in [-0.05, 0) is 29.6 Å². The number of benzene rings is 1. The topological polar surface area (TPSA) is 27.7 Å². The molecule has 0 saturated carbocycles. The third kappa shape index (κ3) is 2.61. The van der Waals surface area contributed by atoms with Crippen molar-refractivity contribution in [2.45, 2.75) is 13.0 Å². The molecule has 1 aromatic carbocycles. The van der Waals surface area contributed by atoms with Crippen molar-refractivity contribution in [2.75, 3.05) is 20.3 Å². The standard InChI is InChI=1S/C11H14BFO3/c1-14-5-2-6-15-12-11-4-3-10(13)7-9(11)8-16-12/h3-4,7H,2,5-6,8H2,1H3. The van der Waals surface area contributed by atoms with Crippen molar-refractivity contribution in [3.63, 3.8) is 0 Å². The lowest BCUT2D eigenvalue weighted by atomic mass is 9.79. The number of halogens is 1. The Labute approximate surface area is 94.6 Å². The van der Waals surface area contributed by atoms with Gasteiger partial charge in [-0.25, -0.2) is 4.39 Å². The molecule has 1 aliphatic rings. The van der Waals surface area contributed by atoms with E-state index in [1.54, 1.807) is 13.2 Å². The molecular formula is C11H14BFO3. The minimum atomic E-state index is -0.354. The van der Waals surface area contributed by atoms with Crippen molar-refractivity contribution < 1.29 is 18.4 Å². The SMILES string of the molecule is COCCCOB1OCc2cc(F)ccc21. The Bertz CT molecular complexity index is 359. The van der Waals surface area contributed by atoms with E-state index >= 15 is 0 Å². The van der Waals surface area contributed by atoms with Gasteiger partial charge in [0.15, 0.2) is 0 Å². The van der Waals surface area contributed by atoms with Crippen molar-refractivity contribution in [3.05, 3.63) is 29.6 Å². The molecule has 16 heavy (non-hydrogen) atoms. The molecule has 0 aliphatic carbocycles. The summed E-state index contributed by atoms with van der Waals surface area (Å²) in [6.45, 7) is 1.67. The zero-order valence-corrected chi connectivity index (χ0v) is 9.24. The summed E-state index contributed by atoms with van der Waals surface area (Å²) in [5.74, 6) is -0.234. The van der Waals surface area contributed by atoms with E-state index in [2.05, 4.69) is 0 Å². The quantitative estimate of drug-likeness (QED) is 0.553. The minimum Gasteiger partial charge on any atom is -0.407 e. The molecular weight excluding hydrogens is 210 g/mol. The second-order valence-electron chi connectivity index (χ2n) is 3.70. The van der Waals surface area contributed by atoms with Crippen LogP contribution in [0.4, 0.5) is 4.39 Å². The molecule has 0 aromatic heterocycles. The molecule has 1 aromatic rings. The largest absolute Gasteiger partial charge is 0.494 e. The number of hydrogen-bond acceptors (Lipinski definition) is 3. The molecule has 1 aliphatic heterocycles. The highest BCUT2D eigenvalue weighted by molar-refractivity contribution is 6.62. The summed E-state index contributed by atoms with van der Waals surface area (Å²) >= 11 is 0. The molecule has 0 spiro atoms. The van der Waals surface area contributed by atoms with Crippen molar-refractivity contribution in [3.8, 4) is 0 Å². The summed E-state index contributed by atoms with van der Waals surface area (Å²) in [6.07, 6.45) is 0.826. The van der Waals surface area contributed by atoms with Gasteiger partial charge >= 0.3 is 7.12 Å². The molecule has 0 unspecified atom stereocenters. The fourth-order valence-electron chi connectivity index (χ4n) is 1.72. The summed E-state index contributed by atoms with van der Waals surface area (Å²) in [7, 11) is 1.30. The highest BCUT2D eigenvalue weighted by Crippen LogP contribution is 2.13. The molecule has 2 rings (SSSR count). The molecule has 86 valence electrons. The molecule has 0 saturated heterocycles. The molecule has 0 N–H and O–H groups in total. The Balaban J connectivity index is 1.91. The van der Waals surface area contributed by atoms with Crippen LogP contribution in [-0.4, -0.2) is 27.4 Å². The van der Waals surface area contributed by atoms with Crippen molar-refractivity contribution in [1.82, 2.24) is 0 Å². The van der Waals surface area contributed by atoms with Crippen molar-refractivity contribution in [2.24, 2.45) is 0 Å². The third-order valence-electron chi connectivity index (χ3n) is 2.51. The predicted molar refractivity (Wildman–Crippen MR) is 59.0 cm³/mol. The van der Waals surface area contributed by atoms with E-state index in [0.717, 1.165) is 17.4 Å². The summed E-state index contributed by atoms with van der Waals surface area (Å²) in [5, 5.41) is 0. The van der Waals surface area contributed by atoms with Gasteiger partial charge in [0.2, 0.25) is 0 Å². The molecule has 0 fully saturated rings. The molecule has 0 amide bonds. The lowest BCUT2D eigenvalue weighted by molar-refractivity contribution is 0.156.